The van der Waals surface area contributed by atoms with E-state index in [1.54, 1.807) is 6.07 Å². The van der Waals surface area contributed by atoms with Gasteiger partial charge in [-0.05, 0) is 41.8 Å². The molecule has 2 unspecified atom stereocenters. The van der Waals surface area contributed by atoms with E-state index in [1.165, 1.54) is 12.8 Å². The Bertz CT molecular complexity index is 1330. The third-order valence-corrected chi connectivity index (χ3v) is 6.17. The number of amides is 3. The molecule has 5 rings (SSSR count). The molecular weight excluding hydrogens is 578 g/mol. The van der Waals surface area contributed by atoms with Gasteiger partial charge in [-0.3, -0.25) is 29.3 Å². The van der Waals surface area contributed by atoms with Crippen molar-refractivity contribution in [1.82, 2.24) is 10.6 Å². The average molecular weight is 634 g/mol. The fraction of sp³-hybridized carbons (Fsp3) is 0.447. The number of hydrogen-bond acceptors (Lipinski definition) is 6. The van der Waals surface area contributed by atoms with Crippen molar-refractivity contribution in [2.45, 2.75) is 112 Å². The molecule has 3 aromatic carbocycles. The summed E-state index contributed by atoms with van der Waals surface area (Å²) in [4.78, 5) is 57.7. The molecule has 1 saturated carbocycles. The SMILES string of the molecule is CC.CC.CCC.CCC.O=C1CCC(NC(=O)c2cccc3ccccc23)C(=O)N1.O=C1CCC(Nc2ccccc2)C(=O)C1. The van der Waals surface area contributed by atoms with Gasteiger partial charge >= 0.3 is 0 Å². The number of fused-ring (bicyclic) bond motifs is 1. The Labute approximate surface area is 276 Å². The highest BCUT2D eigenvalue weighted by Crippen LogP contribution is 2.19. The van der Waals surface area contributed by atoms with E-state index in [0.717, 1.165) is 16.5 Å². The zero-order valence-electron chi connectivity index (χ0n) is 29.1. The highest BCUT2D eigenvalue weighted by Gasteiger charge is 2.28. The van der Waals surface area contributed by atoms with Crippen molar-refractivity contribution in [2.24, 2.45) is 0 Å². The first-order valence-electron chi connectivity index (χ1n) is 16.7. The first-order chi connectivity index (χ1) is 22.2. The predicted octanol–water partition coefficient (Wildman–Crippen LogP) is 8.05. The first-order valence-corrected chi connectivity index (χ1v) is 16.7. The van der Waals surface area contributed by atoms with Crippen LogP contribution >= 0.6 is 0 Å². The molecule has 2 fully saturated rings. The zero-order chi connectivity index (χ0) is 34.9. The summed E-state index contributed by atoms with van der Waals surface area (Å²) in [5.74, 6) is -0.974. The van der Waals surface area contributed by atoms with Gasteiger partial charge in [0.05, 0.1) is 12.5 Å². The van der Waals surface area contributed by atoms with E-state index in [9.17, 15) is 24.0 Å². The topological polar surface area (TPSA) is 121 Å². The number of rotatable bonds is 4. The predicted molar refractivity (Wildman–Crippen MR) is 190 cm³/mol. The average Bonchev–Trinajstić information content (AvgIpc) is 3.07. The van der Waals surface area contributed by atoms with E-state index in [-0.39, 0.29) is 42.3 Å². The number of nitrogens with one attached hydrogen (secondary N) is 3. The Morgan fingerprint density at radius 1 is 0.717 bits per heavy atom. The standard InChI is InChI=1S/C16H14N2O3.C12H13NO2.2C3H8.2C2H6/c19-14-9-8-13(16(21)18-14)17-15(20)12-7-3-5-10-4-1-2-6-11(10)12;14-10-6-7-11(12(15)8-10)13-9-4-2-1-3-5-9;2*1-3-2;2*1-2/h1-7,13H,8-9H2,(H,17,20)(H,18,19,21);1-5,11,13H,6-8H2;2*3H2,1-2H3;2*1-2H3. The van der Waals surface area contributed by atoms with Crippen LogP contribution in [-0.4, -0.2) is 41.4 Å². The van der Waals surface area contributed by atoms with Gasteiger partial charge in [-0.2, -0.15) is 0 Å². The summed E-state index contributed by atoms with van der Waals surface area (Å²) in [6.07, 6.45) is 4.29. The second-order valence-corrected chi connectivity index (χ2v) is 10.2. The number of piperidine rings is 1. The molecule has 46 heavy (non-hydrogen) atoms. The molecule has 1 heterocycles. The number of hydrogen-bond donors (Lipinski definition) is 3. The van der Waals surface area contributed by atoms with Crippen LogP contribution in [0.4, 0.5) is 5.69 Å². The molecule has 2 aliphatic rings. The zero-order valence-corrected chi connectivity index (χ0v) is 29.1. The number of carbonyl (C=O) groups excluding carboxylic acids is 5. The summed E-state index contributed by atoms with van der Waals surface area (Å²) in [5, 5.41) is 9.88. The van der Waals surface area contributed by atoms with Crippen molar-refractivity contribution in [1.29, 1.82) is 0 Å². The highest BCUT2D eigenvalue weighted by molar-refractivity contribution is 6.09. The summed E-state index contributed by atoms with van der Waals surface area (Å²) in [6.45, 7) is 16.5. The summed E-state index contributed by atoms with van der Waals surface area (Å²) < 4.78 is 0. The summed E-state index contributed by atoms with van der Waals surface area (Å²) in [5.41, 5.74) is 1.46. The van der Waals surface area contributed by atoms with Crippen LogP contribution in [0.3, 0.4) is 0 Å². The molecule has 1 aliphatic carbocycles. The second kappa shape index (κ2) is 24.9. The maximum atomic E-state index is 12.4. The van der Waals surface area contributed by atoms with Crippen molar-refractivity contribution >= 4 is 45.7 Å². The van der Waals surface area contributed by atoms with Crippen molar-refractivity contribution in [3.63, 3.8) is 0 Å². The Kier molecular flexibility index (Phi) is 22.6. The van der Waals surface area contributed by atoms with Gasteiger partial charge in [0.25, 0.3) is 5.91 Å². The smallest absolute Gasteiger partial charge is 0.252 e. The number of carbonyl (C=O) groups is 5. The van der Waals surface area contributed by atoms with Gasteiger partial charge in [0, 0.05) is 24.1 Å². The number of ketones is 2. The molecule has 3 amide bonds. The van der Waals surface area contributed by atoms with Crippen LogP contribution in [0.1, 0.15) is 111 Å². The lowest BCUT2D eigenvalue weighted by molar-refractivity contribution is -0.135. The molecule has 252 valence electrons. The molecule has 1 aliphatic heterocycles. The Morgan fingerprint density at radius 2 is 1.26 bits per heavy atom. The Morgan fingerprint density at radius 3 is 1.85 bits per heavy atom. The maximum absolute atomic E-state index is 12.4. The van der Waals surface area contributed by atoms with Gasteiger partial charge < -0.3 is 10.6 Å². The molecule has 0 spiro atoms. The minimum Gasteiger partial charge on any atom is -0.375 e. The van der Waals surface area contributed by atoms with Crippen LogP contribution in [-0.2, 0) is 19.2 Å². The molecule has 0 bridgehead atoms. The number of para-hydroxylation sites is 1. The van der Waals surface area contributed by atoms with Crippen LogP contribution in [0.2, 0.25) is 0 Å². The van der Waals surface area contributed by atoms with Crippen molar-refractivity contribution in [3.05, 3.63) is 78.4 Å². The van der Waals surface area contributed by atoms with E-state index < -0.39 is 11.9 Å². The summed E-state index contributed by atoms with van der Waals surface area (Å²) in [7, 11) is 0. The third-order valence-electron chi connectivity index (χ3n) is 6.17. The summed E-state index contributed by atoms with van der Waals surface area (Å²) >= 11 is 0. The molecule has 8 nitrogen and oxygen atoms in total. The third kappa shape index (κ3) is 15.1. The van der Waals surface area contributed by atoms with E-state index in [2.05, 4.69) is 43.6 Å². The number of Topliss-reactive ketones (excluding diaryl/α,β-unsaturated/α-hetero) is 2. The minimum atomic E-state index is -0.658. The monoisotopic (exact) mass is 633 g/mol. The van der Waals surface area contributed by atoms with E-state index >= 15 is 0 Å². The minimum absolute atomic E-state index is 0.00935. The largest absolute Gasteiger partial charge is 0.375 e. The van der Waals surface area contributed by atoms with Crippen molar-refractivity contribution in [3.8, 4) is 0 Å². The van der Waals surface area contributed by atoms with Crippen LogP contribution in [0.5, 0.6) is 0 Å². The molecule has 3 aromatic rings. The maximum Gasteiger partial charge on any atom is 0.252 e. The molecule has 8 heteroatoms. The number of benzene rings is 3. The van der Waals surface area contributed by atoms with E-state index in [1.807, 2.05) is 94.4 Å². The van der Waals surface area contributed by atoms with E-state index in [4.69, 9.17) is 0 Å². The van der Waals surface area contributed by atoms with E-state index in [0.29, 0.717) is 24.8 Å². The highest BCUT2D eigenvalue weighted by atomic mass is 16.2. The van der Waals surface area contributed by atoms with Gasteiger partial charge in [-0.1, -0.05) is 123 Å². The lowest BCUT2D eigenvalue weighted by Gasteiger charge is -2.22. The number of anilines is 1. The molecule has 3 N–H and O–H groups in total. The van der Waals surface area contributed by atoms with Gasteiger partial charge in [0.2, 0.25) is 11.8 Å². The lowest BCUT2D eigenvalue weighted by atomic mass is 9.93. The van der Waals surface area contributed by atoms with Crippen molar-refractivity contribution in [2.75, 3.05) is 5.32 Å². The molecule has 1 saturated heterocycles. The molecular formula is C38H55N3O5. The molecule has 0 radical (unpaired) electrons. The van der Waals surface area contributed by atoms with Crippen LogP contribution < -0.4 is 16.0 Å². The number of imide groups is 1. The van der Waals surface area contributed by atoms with Gasteiger partial charge in [0.1, 0.15) is 11.8 Å². The normalized spacial score (nSPS) is 16.4. The summed E-state index contributed by atoms with van der Waals surface area (Å²) in [6, 6.07) is 21.8. The lowest BCUT2D eigenvalue weighted by Crippen LogP contribution is -2.52. The van der Waals surface area contributed by atoms with Gasteiger partial charge in [0.15, 0.2) is 5.78 Å². The van der Waals surface area contributed by atoms with Gasteiger partial charge in [-0.25, -0.2) is 0 Å². The molecule has 0 aromatic heterocycles. The van der Waals surface area contributed by atoms with Crippen LogP contribution in [0.15, 0.2) is 72.8 Å². The second-order valence-electron chi connectivity index (χ2n) is 10.2. The Balaban J connectivity index is 0.000000709. The van der Waals surface area contributed by atoms with Gasteiger partial charge in [-0.15, -0.1) is 0 Å². The fourth-order valence-corrected chi connectivity index (χ4v) is 4.25. The quantitative estimate of drug-likeness (QED) is 0.197. The van der Waals surface area contributed by atoms with Crippen LogP contribution in [0, 0.1) is 0 Å². The Hall–Kier alpha value is -4.33. The van der Waals surface area contributed by atoms with Crippen molar-refractivity contribution < 1.29 is 24.0 Å². The molecule has 2 atom stereocenters. The van der Waals surface area contributed by atoms with Crippen LogP contribution in [0.25, 0.3) is 10.8 Å². The first kappa shape index (κ1) is 41.7. The fourth-order valence-electron chi connectivity index (χ4n) is 4.25.